The van der Waals surface area contributed by atoms with Gasteiger partial charge in [-0.1, -0.05) is 0 Å². The highest BCUT2D eigenvalue weighted by Gasteiger charge is 2.12. The van der Waals surface area contributed by atoms with E-state index in [-0.39, 0.29) is 12.0 Å². The van der Waals surface area contributed by atoms with Crippen molar-refractivity contribution in [1.29, 1.82) is 0 Å². The van der Waals surface area contributed by atoms with E-state index in [1.54, 1.807) is 0 Å². The Hall–Kier alpha value is -0.610. The molecule has 1 atom stereocenters. The number of esters is 1. The molecule has 1 unspecified atom stereocenters. The van der Waals surface area contributed by atoms with E-state index in [0.29, 0.717) is 6.61 Å². The van der Waals surface area contributed by atoms with Gasteiger partial charge in [-0.05, 0) is 0 Å². The van der Waals surface area contributed by atoms with E-state index in [1.165, 1.54) is 6.92 Å². The van der Waals surface area contributed by atoms with Gasteiger partial charge in [0.15, 0.2) is 0 Å². The van der Waals surface area contributed by atoms with Gasteiger partial charge in [0, 0.05) is 26.6 Å². The van der Waals surface area contributed by atoms with E-state index in [9.17, 15) is 4.79 Å². The lowest BCUT2D eigenvalue weighted by molar-refractivity contribution is -0.141. The molecule has 0 amide bonds. The highest BCUT2D eigenvalue weighted by molar-refractivity contribution is 5.65. The molecule has 11 heavy (non-hydrogen) atoms. The van der Waals surface area contributed by atoms with Crippen molar-refractivity contribution in [2.24, 2.45) is 0 Å². The minimum absolute atomic E-state index is 0.211. The van der Waals surface area contributed by atoms with Crippen molar-refractivity contribution in [1.82, 2.24) is 10.6 Å². The first-order chi connectivity index (χ1) is 5.29. The molecule has 4 nitrogen and oxygen atoms in total. The summed E-state index contributed by atoms with van der Waals surface area (Å²) in [6.07, 6.45) is 0. The Bertz CT molecular complexity index is 132. The lowest BCUT2D eigenvalue weighted by Gasteiger charge is -2.23. The summed E-state index contributed by atoms with van der Waals surface area (Å²) in [7, 11) is 0. The first-order valence-corrected chi connectivity index (χ1v) is 3.86. The number of carbonyl (C=O) groups is 1. The second-order valence-electron chi connectivity index (χ2n) is 2.66. The van der Waals surface area contributed by atoms with E-state index >= 15 is 0 Å². The number of hydrogen-bond acceptors (Lipinski definition) is 4. The number of rotatable bonds is 2. The highest BCUT2D eigenvalue weighted by atomic mass is 16.5. The summed E-state index contributed by atoms with van der Waals surface area (Å²) in [5.74, 6) is -0.211. The largest absolute Gasteiger partial charge is 0.464 e. The van der Waals surface area contributed by atoms with Gasteiger partial charge in [0.05, 0.1) is 6.04 Å². The first kappa shape index (κ1) is 8.49. The van der Waals surface area contributed by atoms with Crippen molar-refractivity contribution >= 4 is 5.97 Å². The van der Waals surface area contributed by atoms with Crippen LogP contribution in [0.4, 0.5) is 0 Å². The zero-order chi connectivity index (χ0) is 8.10. The van der Waals surface area contributed by atoms with Gasteiger partial charge in [-0.25, -0.2) is 0 Å². The molecule has 0 aromatic heterocycles. The summed E-state index contributed by atoms with van der Waals surface area (Å²) in [6, 6.07) is 0.285. The van der Waals surface area contributed by atoms with Gasteiger partial charge in [0.2, 0.25) is 0 Å². The molecule has 0 aromatic rings. The van der Waals surface area contributed by atoms with Gasteiger partial charge in [-0.2, -0.15) is 0 Å². The highest BCUT2D eigenvalue weighted by Crippen LogP contribution is 1.88. The minimum atomic E-state index is -0.211. The second kappa shape index (κ2) is 4.31. The molecule has 1 heterocycles. The number of hydrogen-bond donors (Lipinski definition) is 2. The monoisotopic (exact) mass is 158 g/mol. The molecule has 0 saturated carbocycles. The van der Waals surface area contributed by atoms with E-state index in [4.69, 9.17) is 4.74 Å². The quantitative estimate of drug-likeness (QED) is 0.512. The third-order valence-electron chi connectivity index (χ3n) is 1.61. The lowest BCUT2D eigenvalue weighted by Crippen LogP contribution is -2.50. The van der Waals surface area contributed by atoms with Crippen molar-refractivity contribution in [2.45, 2.75) is 13.0 Å². The van der Waals surface area contributed by atoms with Crippen molar-refractivity contribution in [3.05, 3.63) is 0 Å². The average molecular weight is 158 g/mol. The first-order valence-electron chi connectivity index (χ1n) is 3.86. The molecule has 1 aliphatic heterocycles. The summed E-state index contributed by atoms with van der Waals surface area (Å²) >= 11 is 0. The fourth-order valence-electron chi connectivity index (χ4n) is 1.05. The second-order valence-corrected chi connectivity index (χ2v) is 2.66. The molecular weight excluding hydrogens is 144 g/mol. The number of piperazine rings is 1. The normalized spacial score (nSPS) is 24.6. The van der Waals surface area contributed by atoms with Gasteiger partial charge >= 0.3 is 5.97 Å². The molecule has 0 aromatic carbocycles. The maximum atomic E-state index is 10.4. The predicted molar refractivity (Wildman–Crippen MR) is 41.3 cm³/mol. The summed E-state index contributed by atoms with van der Waals surface area (Å²) in [4.78, 5) is 10.4. The topological polar surface area (TPSA) is 50.4 Å². The summed E-state index contributed by atoms with van der Waals surface area (Å²) in [5.41, 5.74) is 0. The molecule has 4 heteroatoms. The third kappa shape index (κ3) is 3.34. The zero-order valence-electron chi connectivity index (χ0n) is 6.72. The van der Waals surface area contributed by atoms with Gasteiger partial charge in [0.1, 0.15) is 6.61 Å². The molecule has 0 aliphatic carbocycles. The Morgan fingerprint density at radius 1 is 1.64 bits per heavy atom. The van der Waals surface area contributed by atoms with Crippen LogP contribution in [0.3, 0.4) is 0 Å². The van der Waals surface area contributed by atoms with Crippen LogP contribution in [0.25, 0.3) is 0 Å². The van der Waals surface area contributed by atoms with Crippen LogP contribution in [0.2, 0.25) is 0 Å². The van der Waals surface area contributed by atoms with Crippen LogP contribution in [-0.4, -0.2) is 38.3 Å². The smallest absolute Gasteiger partial charge is 0.302 e. The van der Waals surface area contributed by atoms with Crippen LogP contribution in [0.15, 0.2) is 0 Å². The molecule has 64 valence electrons. The molecular formula is C7H14N2O2. The van der Waals surface area contributed by atoms with Crippen molar-refractivity contribution in [3.8, 4) is 0 Å². The minimum Gasteiger partial charge on any atom is -0.464 e. The Morgan fingerprint density at radius 3 is 3.00 bits per heavy atom. The van der Waals surface area contributed by atoms with E-state index < -0.39 is 0 Å². The standard InChI is InChI=1S/C7H14N2O2/c1-6(10)11-5-7-4-8-2-3-9-7/h7-9H,2-5H2,1H3. The summed E-state index contributed by atoms with van der Waals surface area (Å²) in [6.45, 7) is 4.73. The van der Waals surface area contributed by atoms with Crippen LogP contribution >= 0.6 is 0 Å². The van der Waals surface area contributed by atoms with Crippen LogP contribution in [0.5, 0.6) is 0 Å². The number of nitrogens with one attached hydrogen (secondary N) is 2. The molecule has 1 rings (SSSR count). The van der Waals surface area contributed by atoms with Crippen LogP contribution < -0.4 is 10.6 Å². The third-order valence-corrected chi connectivity index (χ3v) is 1.61. The van der Waals surface area contributed by atoms with E-state index in [2.05, 4.69) is 10.6 Å². The van der Waals surface area contributed by atoms with Crippen molar-refractivity contribution in [2.75, 3.05) is 26.2 Å². The van der Waals surface area contributed by atoms with Gasteiger partial charge in [-0.3, -0.25) is 4.79 Å². The molecule has 0 radical (unpaired) electrons. The maximum absolute atomic E-state index is 10.4. The van der Waals surface area contributed by atoms with Crippen LogP contribution in [0, 0.1) is 0 Å². The molecule has 1 saturated heterocycles. The van der Waals surface area contributed by atoms with Gasteiger partial charge < -0.3 is 15.4 Å². The fourth-order valence-corrected chi connectivity index (χ4v) is 1.05. The van der Waals surface area contributed by atoms with Crippen LogP contribution in [0.1, 0.15) is 6.92 Å². The van der Waals surface area contributed by atoms with E-state index in [0.717, 1.165) is 19.6 Å². The predicted octanol–water partition coefficient (Wildman–Crippen LogP) is -0.889. The number of carbonyl (C=O) groups excluding carboxylic acids is 1. The van der Waals surface area contributed by atoms with Crippen molar-refractivity contribution in [3.63, 3.8) is 0 Å². The number of ether oxygens (including phenoxy) is 1. The fraction of sp³-hybridized carbons (Fsp3) is 0.857. The van der Waals surface area contributed by atoms with Crippen molar-refractivity contribution < 1.29 is 9.53 Å². The summed E-state index contributed by atoms with van der Waals surface area (Å²) in [5, 5.41) is 6.44. The Morgan fingerprint density at radius 2 is 2.45 bits per heavy atom. The lowest BCUT2D eigenvalue weighted by atomic mass is 10.2. The van der Waals surface area contributed by atoms with E-state index in [1.807, 2.05) is 0 Å². The summed E-state index contributed by atoms with van der Waals surface area (Å²) < 4.78 is 4.84. The molecule has 2 N–H and O–H groups in total. The maximum Gasteiger partial charge on any atom is 0.302 e. The van der Waals surface area contributed by atoms with Gasteiger partial charge in [0.25, 0.3) is 0 Å². The Balaban J connectivity index is 2.09. The Kier molecular flexibility index (Phi) is 3.32. The molecule has 0 bridgehead atoms. The molecule has 1 aliphatic rings. The molecule has 0 spiro atoms. The zero-order valence-corrected chi connectivity index (χ0v) is 6.72. The molecule has 1 fully saturated rings. The Labute approximate surface area is 66.3 Å². The average Bonchev–Trinajstić information content (AvgIpc) is 2.03. The van der Waals surface area contributed by atoms with Gasteiger partial charge in [-0.15, -0.1) is 0 Å². The van der Waals surface area contributed by atoms with Crippen LogP contribution in [-0.2, 0) is 9.53 Å². The SMILES string of the molecule is CC(=O)OCC1CNCCN1.